The summed E-state index contributed by atoms with van der Waals surface area (Å²) in [6.07, 6.45) is 1.59. The number of aryl methyl sites for hydroxylation is 1. The smallest absolute Gasteiger partial charge is 0.122 e. The van der Waals surface area contributed by atoms with E-state index in [4.69, 9.17) is 10.6 Å². The zero-order valence-corrected chi connectivity index (χ0v) is 13.9. The largest absolute Gasteiger partial charge is 0.496 e. The molecule has 20 heavy (non-hydrogen) atoms. The maximum Gasteiger partial charge on any atom is 0.122 e. The summed E-state index contributed by atoms with van der Waals surface area (Å²) in [5, 5.41) is 3.16. The molecule has 0 aliphatic carbocycles. The van der Waals surface area contributed by atoms with Crippen molar-refractivity contribution in [2.75, 3.05) is 7.11 Å². The van der Waals surface area contributed by atoms with Crippen molar-refractivity contribution in [1.82, 2.24) is 10.4 Å². The van der Waals surface area contributed by atoms with Crippen molar-refractivity contribution in [3.8, 4) is 5.75 Å². The standard InChI is InChI=1S/C14H18BrN3OS/c1-9-17-13(8-20-9)7-12(18-16)6-10-5-11(15)3-4-14(10)19-2/h3-5,8,12,18H,6-7,16H2,1-2H3. The Labute approximate surface area is 131 Å². The van der Waals surface area contributed by atoms with Gasteiger partial charge in [-0.15, -0.1) is 11.3 Å². The average molecular weight is 356 g/mol. The van der Waals surface area contributed by atoms with Crippen LogP contribution >= 0.6 is 27.3 Å². The van der Waals surface area contributed by atoms with E-state index in [0.717, 1.165) is 39.3 Å². The fourth-order valence-corrected chi connectivity index (χ4v) is 3.15. The van der Waals surface area contributed by atoms with Crippen LogP contribution in [0.3, 0.4) is 0 Å². The number of nitrogens with two attached hydrogens (primary N) is 1. The van der Waals surface area contributed by atoms with Gasteiger partial charge in [-0.1, -0.05) is 15.9 Å². The number of halogens is 1. The van der Waals surface area contributed by atoms with Gasteiger partial charge in [-0.2, -0.15) is 0 Å². The maximum absolute atomic E-state index is 5.68. The molecule has 1 heterocycles. The fourth-order valence-electron chi connectivity index (χ4n) is 2.12. The molecule has 108 valence electrons. The molecule has 0 fully saturated rings. The highest BCUT2D eigenvalue weighted by Gasteiger charge is 2.14. The minimum atomic E-state index is 0.125. The summed E-state index contributed by atoms with van der Waals surface area (Å²) in [7, 11) is 1.68. The number of rotatable bonds is 6. The molecule has 0 saturated carbocycles. The second-order valence-corrected chi connectivity index (χ2v) is 6.56. The normalized spacial score (nSPS) is 12.4. The lowest BCUT2D eigenvalue weighted by molar-refractivity contribution is 0.404. The monoisotopic (exact) mass is 355 g/mol. The first-order valence-corrected chi connectivity index (χ1v) is 7.99. The van der Waals surface area contributed by atoms with Crippen molar-refractivity contribution in [2.45, 2.75) is 25.8 Å². The van der Waals surface area contributed by atoms with Gasteiger partial charge >= 0.3 is 0 Å². The predicted octanol–water partition coefficient (Wildman–Crippen LogP) is 2.84. The number of hydrazine groups is 1. The highest BCUT2D eigenvalue weighted by Crippen LogP contribution is 2.24. The van der Waals surface area contributed by atoms with Crippen molar-refractivity contribution in [1.29, 1.82) is 0 Å². The lowest BCUT2D eigenvalue weighted by Gasteiger charge is -2.17. The van der Waals surface area contributed by atoms with Crippen LogP contribution in [0.25, 0.3) is 0 Å². The molecule has 1 atom stereocenters. The number of methoxy groups -OCH3 is 1. The summed E-state index contributed by atoms with van der Waals surface area (Å²) in [4.78, 5) is 4.48. The molecule has 3 N–H and O–H groups in total. The quantitative estimate of drug-likeness (QED) is 0.617. The number of aromatic nitrogens is 1. The van der Waals surface area contributed by atoms with Crippen molar-refractivity contribution >= 4 is 27.3 Å². The van der Waals surface area contributed by atoms with E-state index >= 15 is 0 Å². The molecule has 0 aliphatic heterocycles. The Morgan fingerprint density at radius 3 is 2.85 bits per heavy atom. The van der Waals surface area contributed by atoms with E-state index in [1.165, 1.54) is 0 Å². The van der Waals surface area contributed by atoms with Gasteiger partial charge in [0.25, 0.3) is 0 Å². The van der Waals surface area contributed by atoms with E-state index in [0.29, 0.717) is 0 Å². The van der Waals surface area contributed by atoms with Crippen LogP contribution in [0.1, 0.15) is 16.3 Å². The number of benzene rings is 1. The number of nitrogens with one attached hydrogen (secondary N) is 1. The SMILES string of the molecule is COc1ccc(Br)cc1CC(Cc1csc(C)n1)NN. The summed E-state index contributed by atoms with van der Waals surface area (Å²) >= 11 is 5.15. The van der Waals surface area contributed by atoms with Gasteiger partial charge in [0.15, 0.2) is 0 Å². The molecule has 0 bridgehead atoms. The summed E-state index contributed by atoms with van der Waals surface area (Å²) in [5.74, 6) is 6.56. The van der Waals surface area contributed by atoms with Gasteiger partial charge in [-0.3, -0.25) is 11.3 Å². The lowest BCUT2D eigenvalue weighted by Crippen LogP contribution is -2.38. The highest BCUT2D eigenvalue weighted by molar-refractivity contribution is 9.10. The third-order valence-corrected chi connectivity index (χ3v) is 4.38. The molecule has 2 rings (SSSR count). The van der Waals surface area contributed by atoms with Gasteiger partial charge in [0, 0.05) is 22.3 Å². The molecular weight excluding hydrogens is 338 g/mol. The Morgan fingerprint density at radius 2 is 2.25 bits per heavy atom. The van der Waals surface area contributed by atoms with Gasteiger partial charge in [0.1, 0.15) is 5.75 Å². The van der Waals surface area contributed by atoms with Crippen LogP contribution in [-0.2, 0) is 12.8 Å². The first kappa shape index (κ1) is 15.4. The molecule has 1 aromatic carbocycles. The maximum atomic E-state index is 5.68. The average Bonchev–Trinajstić information content (AvgIpc) is 2.83. The van der Waals surface area contributed by atoms with E-state index in [1.54, 1.807) is 18.4 Å². The molecule has 1 aromatic heterocycles. The summed E-state index contributed by atoms with van der Waals surface area (Å²) in [6.45, 7) is 2.01. The van der Waals surface area contributed by atoms with Crippen LogP contribution in [-0.4, -0.2) is 18.1 Å². The molecule has 2 aromatic rings. The van der Waals surface area contributed by atoms with Crippen LogP contribution in [0.4, 0.5) is 0 Å². The van der Waals surface area contributed by atoms with Crippen molar-refractivity contribution < 1.29 is 4.74 Å². The number of ether oxygens (including phenoxy) is 1. The second-order valence-electron chi connectivity index (χ2n) is 4.59. The molecule has 0 amide bonds. The molecule has 4 nitrogen and oxygen atoms in total. The summed E-state index contributed by atoms with van der Waals surface area (Å²) < 4.78 is 6.43. The predicted molar refractivity (Wildman–Crippen MR) is 86.1 cm³/mol. The van der Waals surface area contributed by atoms with Crippen LogP contribution in [0.15, 0.2) is 28.1 Å². The Bertz CT molecular complexity index is 573. The lowest BCUT2D eigenvalue weighted by atomic mass is 10.0. The Hall–Kier alpha value is -0.950. The Morgan fingerprint density at radius 1 is 1.45 bits per heavy atom. The first-order valence-electron chi connectivity index (χ1n) is 6.32. The fraction of sp³-hybridized carbons (Fsp3) is 0.357. The third kappa shape index (κ3) is 4.02. The van der Waals surface area contributed by atoms with Gasteiger partial charge in [-0.25, -0.2) is 4.98 Å². The highest BCUT2D eigenvalue weighted by atomic mass is 79.9. The van der Waals surface area contributed by atoms with E-state index in [2.05, 4.69) is 37.8 Å². The summed E-state index contributed by atoms with van der Waals surface area (Å²) in [6, 6.07) is 6.12. The zero-order chi connectivity index (χ0) is 14.5. The van der Waals surface area contributed by atoms with E-state index in [-0.39, 0.29) is 6.04 Å². The Balaban J connectivity index is 2.11. The van der Waals surface area contributed by atoms with Crippen molar-refractivity contribution in [3.63, 3.8) is 0 Å². The van der Waals surface area contributed by atoms with Crippen LogP contribution < -0.4 is 16.0 Å². The van der Waals surface area contributed by atoms with Gasteiger partial charge in [0.05, 0.1) is 17.8 Å². The summed E-state index contributed by atoms with van der Waals surface area (Å²) in [5.41, 5.74) is 5.07. The van der Waals surface area contributed by atoms with Crippen LogP contribution in [0.5, 0.6) is 5.75 Å². The van der Waals surface area contributed by atoms with Gasteiger partial charge in [0.2, 0.25) is 0 Å². The minimum Gasteiger partial charge on any atom is -0.496 e. The molecule has 0 saturated heterocycles. The third-order valence-electron chi connectivity index (χ3n) is 3.07. The van der Waals surface area contributed by atoms with E-state index < -0.39 is 0 Å². The van der Waals surface area contributed by atoms with Crippen LogP contribution in [0, 0.1) is 6.92 Å². The molecule has 1 unspecified atom stereocenters. The van der Waals surface area contributed by atoms with Crippen molar-refractivity contribution in [2.24, 2.45) is 5.84 Å². The number of hydrogen-bond donors (Lipinski definition) is 2. The number of thiazole rings is 1. The minimum absolute atomic E-state index is 0.125. The first-order chi connectivity index (χ1) is 9.62. The van der Waals surface area contributed by atoms with Gasteiger partial charge < -0.3 is 4.74 Å². The molecule has 0 aliphatic rings. The van der Waals surface area contributed by atoms with Crippen molar-refractivity contribution in [3.05, 3.63) is 44.3 Å². The molecule has 6 heteroatoms. The van der Waals surface area contributed by atoms with Crippen LogP contribution in [0.2, 0.25) is 0 Å². The van der Waals surface area contributed by atoms with Gasteiger partial charge in [-0.05, 0) is 37.1 Å². The molecular formula is C14H18BrN3OS. The molecule has 0 radical (unpaired) electrons. The van der Waals surface area contributed by atoms with E-state index in [1.807, 2.05) is 19.1 Å². The number of hydrogen-bond acceptors (Lipinski definition) is 5. The number of nitrogens with zero attached hydrogens (tertiary/aromatic N) is 1. The van der Waals surface area contributed by atoms with E-state index in [9.17, 15) is 0 Å². The second kappa shape index (κ2) is 7.17. The zero-order valence-electron chi connectivity index (χ0n) is 11.5. The molecule has 0 spiro atoms. The Kier molecular flexibility index (Phi) is 5.54. The topological polar surface area (TPSA) is 60.2 Å².